The first-order valence-corrected chi connectivity index (χ1v) is 15.7. The average Bonchev–Trinajstić information content (AvgIpc) is 3.32. The zero-order valence-corrected chi connectivity index (χ0v) is 24.5. The number of nitrogens with zero attached hydrogens (tertiary/aromatic N) is 2. The fraction of sp³-hybridized carbons (Fsp3) is 0.235. The highest BCUT2D eigenvalue weighted by Gasteiger charge is 2.21. The third-order valence-electron chi connectivity index (χ3n) is 6.41. The van der Waals surface area contributed by atoms with Crippen molar-refractivity contribution in [2.75, 3.05) is 24.7 Å². The average molecular weight is 567 g/mol. The minimum absolute atomic E-state index is 0.0763. The molecular formula is C34H34N2O2S2. The zero-order chi connectivity index (χ0) is 27.6. The van der Waals surface area contributed by atoms with Crippen LogP contribution in [0.1, 0.15) is 36.1 Å². The Bertz CT molecular complexity index is 1330. The molecule has 0 aromatic heterocycles. The van der Waals surface area contributed by atoms with Gasteiger partial charge in [0.15, 0.2) is 12.5 Å². The summed E-state index contributed by atoms with van der Waals surface area (Å²) < 4.78 is 11.5. The lowest BCUT2D eigenvalue weighted by Gasteiger charge is -2.11. The van der Waals surface area contributed by atoms with E-state index in [-0.39, 0.29) is 12.5 Å². The van der Waals surface area contributed by atoms with Crippen LogP contribution in [0.3, 0.4) is 0 Å². The van der Waals surface area contributed by atoms with Crippen molar-refractivity contribution in [1.29, 1.82) is 0 Å². The largest absolute Gasteiger partial charge is 0.356 e. The summed E-state index contributed by atoms with van der Waals surface area (Å²) in [5, 5.41) is 0. The van der Waals surface area contributed by atoms with Gasteiger partial charge in [-0.05, 0) is 26.0 Å². The Labute approximate surface area is 246 Å². The normalized spacial score (nSPS) is 18.1. The molecule has 0 radical (unpaired) electrons. The quantitative estimate of drug-likeness (QED) is 0.237. The van der Waals surface area contributed by atoms with E-state index in [0.29, 0.717) is 13.2 Å². The van der Waals surface area contributed by atoms with E-state index in [0.717, 1.165) is 34.1 Å². The van der Waals surface area contributed by atoms with E-state index >= 15 is 0 Å². The van der Waals surface area contributed by atoms with Gasteiger partial charge in [-0.1, -0.05) is 97.1 Å². The first-order chi connectivity index (χ1) is 19.8. The van der Waals surface area contributed by atoms with Crippen LogP contribution in [0.2, 0.25) is 0 Å². The molecule has 4 aromatic carbocycles. The number of rotatable bonds is 6. The zero-order valence-electron chi connectivity index (χ0n) is 22.9. The maximum absolute atomic E-state index is 5.74. The summed E-state index contributed by atoms with van der Waals surface area (Å²) in [5.41, 5.74) is 6.76. The van der Waals surface area contributed by atoms with Gasteiger partial charge in [0.1, 0.15) is 0 Å². The molecule has 0 saturated heterocycles. The molecule has 0 spiro atoms. The summed E-state index contributed by atoms with van der Waals surface area (Å²) >= 11 is 3.63. The van der Waals surface area contributed by atoms with Crippen LogP contribution >= 0.6 is 23.5 Å². The van der Waals surface area contributed by atoms with E-state index in [1.54, 1.807) is 0 Å². The fourth-order valence-electron chi connectivity index (χ4n) is 4.61. The summed E-state index contributed by atoms with van der Waals surface area (Å²) in [4.78, 5) is 12.3. The maximum Gasteiger partial charge on any atom is 0.158 e. The maximum atomic E-state index is 5.74. The van der Waals surface area contributed by atoms with Crippen LogP contribution in [0, 0.1) is 0 Å². The second-order valence-corrected chi connectivity index (χ2v) is 11.2. The van der Waals surface area contributed by atoms with E-state index in [2.05, 4.69) is 72.8 Å². The van der Waals surface area contributed by atoms with Crippen LogP contribution in [0.5, 0.6) is 0 Å². The van der Waals surface area contributed by atoms with Crippen molar-refractivity contribution < 1.29 is 9.47 Å². The van der Waals surface area contributed by atoms with Crippen LogP contribution in [-0.4, -0.2) is 48.6 Å². The molecule has 40 heavy (non-hydrogen) atoms. The van der Waals surface area contributed by atoms with Crippen molar-refractivity contribution in [2.45, 2.75) is 36.1 Å². The van der Waals surface area contributed by atoms with Gasteiger partial charge in [0.25, 0.3) is 0 Å². The minimum atomic E-state index is -0.0763. The molecule has 0 bridgehead atoms. The van der Waals surface area contributed by atoms with Crippen molar-refractivity contribution in [3.05, 3.63) is 131 Å². The van der Waals surface area contributed by atoms with Crippen LogP contribution in [0.4, 0.5) is 0 Å². The molecule has 204 valence electrons. The molecule has 4 aromatic rings. The Kier molecular flexibility index (Phi) is 10.3. The lowest BCUT2D eigenvalue weighted by molar-refractivity contribution is 0.0865. The molecule has 0 fully saturated rings. The van der Waals surface area contributed by atoms with Crippen molar-refractivity contribution >= 4 is 34.9 Å². The number of hydrogen-bond acceptors (Lipinski definition) is 6. The standard InChI is InChI=1S/2C17H17NOS/c2*1-2-19-16-12-20-15-11-7-6-10-14(15)17(18-16)13-8-4-3-5-9-13/h2*3-11,16H,2,12H2,1H3. The highest BCUT2D eigenvalue weighted by Crippen LogP contribution is 2.31. The summed E-state index contributed by atoms with van der Waals surface area (Å²) in [5.74, 6) is 1.72. The molecule has 0 N–H and O–H groups in total. The molecule has 6 rings (SSSR count). The first-order valence-electron chi connectivity index (χ1n) is 13.7. The molecule has 0 amide bonds. The molecule has 2 atom stereocenters. The molecule has 2 aliphatic heterocycles. The number of hydrogen-bond donors (Lipinski definition) is 0. The second kappa shape index (κ2) is 14.5. The highest BCUT2D eigenvalue weighted by atomic mass is 32.2. The van der Waals surface area contributed by atoms with Crippen LogP contribution < -0.4 is 0 Å². The molecule has 0 aliphatic carbocycles. The van der Waals surface area contributed by atoms with Gasteiger partial charge in [-0.25, -0.2) is 0 Å². The summed E-state index contributed by atoms with van der Waals surface area (Å²) in [6, 6.07) is 37.6. The van der Waals surface area contributed by atoms with Crippen molar-refractivity contribution in [3.8, 4) is 0 Å². The van der Waals surface area contributed by atoms with Gasteiger partial charge in [0.05, 0.1) is 11.4 Å². The van der Waals surface area contributed by atoms with Gasteiger partial charge >= 0.3 is 0 Å². The van der Waals surface area contributed by atoms with E-state index in [1.807, 2.05) is 73.8 Å². The number of ether oxygens (including phenoxy) is 2. The van der Waals surface area contributed by atoms with Crippen molar-refractivity contribution in [2.24, 2.45) is 9.98 Å². The lowest BCUT2D eigenvalue weighted by atomic mass is 10.0. The van der Waals surface area contributed by atoms with Crippen LogP contribution in [0.25, 0.3) is 0 Å². The summed E-state index contributed by atoms with van der Waals surface area (Å²) in [6.07, 6.45) is -0.153. The number of thioether (sulfide) groups is 2. The van der Waals surface area contributed by atoms with Gasteiger partial charge < -0.3 is 9.47 Å². The van der Waals surface area contributed by atoms with Crippen molar-refractivity contribution in [3.63, 3.8) is 0 Å². The molecule has 4 nitrogen and oxygen atoms in total. The summed E-state index contributed by atoms with van der Waals surface area (Å²) in [6.45, 7) is 5.40. The molecular weight excluding hydrogens is 533 g/mol. The SMILES string of the molecule is CCOC1CSc2ccccc2C(c2ccccc2)=N1.CCOC1CSc2ccccc2C(c2ccccc2)=N1. The molecule has 2 aliphatic rings. The van der Waals surface area contributed by atoms with Gasteiger partial charge in [0, 0.05) is 56.8 Å². The van der Waals surface area contributed by atoms with Gasteiger partial charge in [-0.2, -0.15) is 0 Å². The topological polar surface area (TPSA) is 43.2 Å². The minimum Gasteiger partial charge on any atom is -0.356 e. The van der Waals surface area contributed by atoms with Crippen molar-refractivity contribution in [1.82, 2.24) is 0 Å². The Balaban J connectivity index is 0.000000161. The fourth-order valence-corrected chi connectivity index (χ4v) is 6.58. The lowest BCUT2D eigenvalue weighted by Crippen LogP contribution is -2.15. The van der Waals surface area contributed by atoms with Crippen LogP contribution in [-0.2, 0) is 9.47 Å². The Hall–Kier alpha value is -3.16. The van der Waals surface area contributed by atoms with Crippen LogP contribution in [0.15, 0.2) is 129 Å². The molecule has 2 unspecified atom stereocenters. The predicted molar refractivity (Wildman–Crippen MR) is 169 cm³/mol. The van der Waals surface area contributed by atoms with Gasteiger partial charge in [-0.3, -0.25) is 9.98 Å². The third kappa shape index (κ3) is 7.12. The molecule has 2 heterocycles. The predicted octanol–water partition coefficient (Wildman–Crippen LogP) is 7.98. The highest BCUT2D eigenvalue weighted by molar-refractivity contribution is 7.99. The third-order valence-corrected chi connectivity index (χ3v) is 8.64. The molecule has 6 heteroatoms. The number of benzene rings is 4. The Morgan fingerprint density at radius 2 is 0.925 bits per heavy atom. The van der Waals surface area contributed by atoms with E-state index in [9.17, 15) is 0 Å². The Morgan fingerprint density at radius 3 is 1.32 bits per heavy atom. The number of aliphatic imine (C=N–C) groups is 2. The van der Waals surface area contributed by atoms with E-state index in [1.165, 1.54) is 20.9 Å². The second-order valence-electron chi connectivity index (χ2n) is 9.12. The smallest absolute Gasteiger partial charge is 0.158 e. The first kappa shape index (κ1) is 28.4. The van der Waals surface area contributed by atoms with Gasteiger partial charge in [0.2, 0.25) is 0 Å². The number of fused-ring (bicyclic) bond motifs is 2. The summed E-state index contributed by atoms with van der Waals surface area (Å²) in [7, 11) is 0. The van der Waals surface area contributed by atoms with Gasteiger partial charge in [-0.15, -0.1) is 23.5 Å². The monoisotopic (exact) mass is 566 g/mol. The van der Waals surface area contributed by atoms with E-state index in [4.69, 9.17) is 19.5 Å². The Morgan fingerprint density at radius 1 is 0.550 bits per heavy atom. The van der Waals surface area contributed by atoms with E-state index < -0.39 is 0 Å². The molecule has 0 saturated carbocycles.